The minimum Gasteiger partial charge on any atom is -0.469 e. The summed E-state index contributed by atoms with van der Waals surface area (Å²) in [4.78, 5) is 11.2. The molecule has 0 amide bonds. The van der Waals surface area contributed by atoms with Crippen molar-refractivity contribution >= 4 is 5.97 Å². The van der Waals surface area contributed by atoms with Crippen LogP contribution in [0.25, 0.3) is 0 Å². The fourth-order valence-electron chi connectivity index (χ4n) is 0.829. The molecule has 3 nitrogen and oxygen atoms in total. The van der Waals surface area contributed by atoms with E-state index in [1.54, 1.807) is 19.9 Å². The van der Waals surface area contributed by atoms with Gasteiger partial charge >= 0.3 is 5.97 Å². The van der Waals surface area contributed by atoms with E-state index in [9.17, 15) is 4.79 Å². The van der Waals surface area contributed by atoms with Crippen LogP contribution in [0.1, 0.15) is 20.3 Å². The van der Waals surface area contributed by atoms with Gasteiger partial charge in [-0.3, -0.25) is 4.79 Å². The molecule has 0 aromatic heterocycles. The van der Waals surface area contributed by atoms with E-state index in [-0.39, 0.29) is 5.97 Å². The largest absolute Gasteiger partial charge is 0.469 e. The molecule has 0 N–H and O–H groups in total. The van der Waals surface area contributed by atoms with Crippen LogP contribution in [0.2, 0.25) is 0 Å². The molecule has 0 aliphatic rings. The molecule has 0 heterocycles. The maximum atomic E-state index is 11.2. The molecular formula is C10H18O3. The van der Waals surface area contributed by atoms with Crippen molar-refractivity contribution in [1.82, 2.24) is 0 Å². The Balaban J connectivity index is 3.75. The van der Waals surface area contributed by atoms with Gasteiger partial charge in [0.05, 0.1) is 25.7 Å². The Morgan fingerprint density at radius 3 is 2.62 bits per heavy atom. The van der Waals surface area contributed by atoms with E-state index >= 15 is 0 Å². The summed E-state index contributed by atoms with van der Waals surface area (Å²) in [7, 11) is 1.38. The molecule has 0 atom stereocenters. The molecule has 0 saturated carbocycles. The van der Waals surface area contributed by atoms with Crippen molar-refractivity contribution in [3.05, 3.63) is 12.7 Å². The van der Waals surface area contributed by atoms with Gasteiger partial charge in [-0.25, -0.2) is 0 Å². The summed E-state index contributed by atoms with van der Waals surface area (Å²) >= 11 is 0. The summed E-state index contributed by atoms with van der Waals surface area (Å²) in [5, 5.41) is 0. The predicted molar refractivity (Wildman–Crippen MR) is 51.4 cm³/mol. The van der Waals surface area contributed by atoms with Gasteiger partial charge in [-0.15, -0.1) is 6.58 Å². The molecule has 76 valence electrons. The van der Waals surface area contributed by atoms with Crippen molar-refractivity contribution in [2.24, 2.45) is 5.41 Å². The van der Waals surface area contributed by atoms with Crippen LogP contribution in [0.4, 0.5) is 0 Å². The Bertz CT molecular complexity index is 173. The van der Waals surface area contributed by atoms with Gasteiger partial charge in [0, 0.05) is 0 Å². The molecule has 0 aliphatic carbocycles. The first-order valence-corrected chi connectivity index (χ1v) is 4.31. The first kappa shape index (κ1) is 12.2. The van der Waals surface area contributed by atoms with Crippen molar-refractivity contribution < 1.29 is 14.3 Å². The second-order valence-electron chi connectivity index (χ2n) is 3.51. The van der Waals surface area contributed by atoms with E-state index in [2.05, 4.69) is 11.3 Å². The molecule has 0 bridgehead atoms. The first-order valence-electron chi connectivity index (χ1n) is 4.31. The second-order valence-corrected chi connectivity index (χ2v) is 3.51. The highest BCUT2D eigenvalue weighted by Gasteiger charge is 2.28. The number of methoxy groups -OCH3 is 1. The minimum absolute atomic E-state index is 0.244. The van der Waals surface area contributed by atoms with E-state index in [1.807, 2.05) is 0 Å². The molecule has 0 radical (unpaired) electrons. The van der Waals surface area contributed by atoms with Gasteiger partial charge in [0.15, 0.2) is 0 Å². The van der Waals surface area contributed by atoms with E-state index in [4.69, 9.17) is 4.74 Å². The van der Waals surface area contributed by atoms with Gasteiger partial charge in [0.25, 0.3) is 0 Å². The lowest BCUT2D eigenvalue weighted by atomic mass is 9.95. The third kappa shape index (κ3) is 4.68. The average molecular weight is 186 g/mol. The maximum Gasteiger partial charge on any atom is 0.313 e. The van der Waals surface area contributed by atoms with Crippen molar-refractivity contribution in [1.29, 1.82) is 0 Å². The lowest BCUT2D eigenvalue weighted by molar-refractivity contribution is -0.154. The molecule has 0 saturated heterocycles. The third-order valence-corrected chi connectivity index (χ3v) is 1.67. The number of rotatable bonds is 6. The van der Waals surface area contributed by atoms with Crippen molar-refractivity contribution in [2.75, 3.05) is 20.3 Å². The molecule has 0 rings (SSSR count). The SMILES string of the molecule is C=CCCOCC(C)(C)C(=O)OC. The fourth-order valence-corrected chi connectivity index (χ4v) is 0.829. The summed E-state index contributed by atoms with van der Waals surface area (Å²) in [6.07, 6.45) is 2.59. The van der Waals surface area contributed by atoms with Crippen molar-refractivity contribution in [2.45, 2.75) is 20.3 Å². The van der Waals surface area contributed by atoms with Gasteiger partial charge in [0.1, 0.15) is 0 Å². The molecule has 13 heavy (non-hydrogen) atoms. The zero-order valence-corrected chi connectivity index (χ0v) is 8.63. The van der Waals surface area contributed by atoms with E-state index < -0.39 is 5.41 Å². The van der Waals surface area contributed by atoms with Crippen LogP contribution in [0, 0.1) is 5.41 Å². The average Bonchev–Trinajstić information content (AvgIpc) is 2.11. The Morgan fingerprint density at radius 2 is 2.15 bits per heavy atom. The number of hydrogen-bond acceptors (Lipinski definition) is 3. The van der Waals surface area contributed by atoms with E-state index in [0.29, 0.717) is 13.2 Å². The second kappa shape index (κ2) is 5.75. The number of carbonyl (C=O) groups is 1. The Hall–Kier alpha value is -0.830. The summed E-state index contributed by atoms with van der Waals surface area (Å²) in [6, 6.07) is 0. The normalized spacial score (nSPS) is 11.0. The zero-order valence-electron chi connectivity index (χ0n) is 8.63. The molecule has 0 aliphatic heterocycles. The quantitative estimate of drug-likeness (QED) is 0.360. The standard InChI is InChI=1S/C10H18O3/c1-5-6-7-13-8-10(2,3)9(11)12-4/h5H,1,6-8H2,2-4H3. The smallest absolute Gasteiger partial charge is 0.313 e. The maximum absolute atomic E-state index is 11.2. The first-order chi connectivity index (χ1) is 6.04. The summed E-state index contributed by atoms with van der Waals surface area (Å²) in [5.74, 6) is -0.244. The topological polar surface area (TPSA) is 35.5 Å². The highest BCUT2D eigenvalue weighted by atomic mass is 16.5. The number of hydrogen-bond donors (Lipinski definition) is 0. The van der Waals surface area contributed by atoms with Gasteiger partial charge < -0.3 is 9.47 Å². The minimum atomic E-state index is -0.560. The fraction of sp³-hybridized carbons (Fsp3) is 0.700. The highest BCUT2D eigenvalue weighted by Crippen LogP contribution is 2.17. The molecule has 0 spiro atoms. The van der Waals surface area contributed by atoms with Crippen molar-refractivity contribution in [3.63, 3.8) is 0 Å². The number of esters is 1. The molecular weight excluding hydrogens is 168 g/mol. The summed E-state index contributed by atoms with van der Waals surface area (Å²) in [6.45, 7) is 8.15. The molecule has 0 aromatic rings. The number of carbonyl (C=O) groups excluding carboxylic acids is 1. The third-order valence-electron chi connectivity index (χ3n) is 1.67. The van der Waals surface area contributed by atoms with Crippen molar-refractivity contribution in [3.8, 4) is 0 Å². The lowest BCUT2D eigenvalue weighted by Gasteiger charge is -2.20. The van der Waals surface area contributed by atoms with Crippen LogP contribution in [0.5, 0.6) is 0 Å². The number of ether oxygens (including phenoxy) is 2. The summed E-state index contributed by atoms with van der Waals surface area (Å²) < 4.78 is 9.92. The van der Waals surface area contributed by atoms with Gasteiger partial charge in [-0.05, 0) is 20.3 Å². The molecule has 0 unspecified atom stereocenters. The van der Waals surface area contributed by atoms with Gasteiger partial charge in [0.2, 0.25) is 0 Å². The van der Waals surface area contributed by atoms with Crippen LogP contribution >= 0.6 is 0 Å². The van der Waals surface area contributed by atoms with Gasteiger partial charge in [-0.1, -0.05) is 6.08 Å². The molecule has 0 fully saturated rings. The lowest BCUT2D eigenvalue weighted by Crippen LogP contribution is -2.30. The zero-order chi connectivity index (χ0) is 10.3. The van der Waals surface area contributed by atoms with Crippen LogP contribution in [-0.2, 0) is 14.3 Å². The van der Waals surface area contributed by atoms with Crippen LogP contribution in [0.3, 0.4) is 0 Å². The Morgan fingerprint density at radius 1 is 1.54 bits per heavy atom. The molecule has 3 heteroatoms. The van der Waals surface area contributed by atoms with Crippen LogP contribution in [-0.4, -0.2) is 26.3 Å². The molecule has 0 aromatic carbocycles. The van der Waals surface area contributed by atoms with Crippen LogP contribution in [0.15, 0.2) is 12.7 Å². The van der Waals surface area contributed by atoms with E-state index in [0.717, 1.165) is 6.42 Å². The highest BCUT2D eigenvalue weighted by molar-refractivity contribution is 5.75. The predicted octanol–water partition coefficient (Wildman–Crippen LogP) is 1.78. The van der Waals surface area contributed by atoms with Crippen LogP contribution < -0.4 is 0 Å². The van der Waals surface area contributed by atoms with E-state index in [1.165, 1.54) is 7.11 Å². The Labute approximate surface area is 79.7 Å². The van der Waals surface area contributed by atoms with Gasteiger partial charge in [-0.2, -0.15) is 0 Å². The monoisotopic (exact) mass is 186 g/mol. The Kier molecular flexibility index (Phi) is 5.39. The summed E-state index contributed by atoms with van der Waals surface area (Å²) in [5.41, 5.74) is -0.560.